The van der Waals surface area contributed by atoms with E-state index in [1.54, 1.807) is 56.7 Å². The molecule has 0 spiro atoms. The van der Waals surface area contributed by atoms with Crippen molar-refractivity contribution in [3.63, 3.8) is 0 Å². The fourth-order valence-electron chi connectivity index (χ4n) is 2.56. The van der Waals surface area contributed by atoms with Gasteiger partial charge in [0.05, 0.1) is 19.9 Å². The second-order valence-corrected chi connectivity index (χ2v) is 5.93. The van der Waals surface area contributed by atoms with Crippen LogP contribution in [0.25, 0.3) is 0 Å². The van der Waals surface area contributed by atoms with E-state index in [-0.39, 0.29) is 5.78 Å². The third-order valence-electron chi connectivity index (χ3n) is 4.10. The van der Waals surface area contributed by atoms with Crippen LogP contribution in [-0.4, -0.2) is 30.0 Å². The minimum absolute atomic E-state index is 0.00632. The summed E-state index contributed by atoms with van der Waals surface area (Å²) >= 11 is 0. The third-order valence-corrected chi connectivity index (χ3v) is 4.10. The lowest BCUT2D eigenvalue weighted by Crippen LogP contribution is -2.06. The number of aromatic nitrogens is 2. The van der Waals surface area contributed by atoms with Crippen LogP contribution in [0.1, 0.15) is 17.3 Å². The highest BCUT2D eigenvalue weighted by atomic mass is 16.5. The quantitative estimate of drug-likeness (QED) is 0.532. The normalized spacial score (nSPS) is 10.2. The van der Waals surface area contributed by atoms with Crippen LogP contribution in [0.2, 0.25) is 0 Å². The second kappa shape index (κ2) is 8.26. The number of anilines is 5. The number of carbonyl (C=O) groups is 1. The summed E-state index contributed by atoms with van der Waals surface area (Å²) in [6.07, 6.45) is 1.40. The van der Waals surface area contributed by atoms with Gasteiger partial charge in [-0.05, 0) is 43.3 Å². The molecule has 0 fully saturated rings. The lowest BCUT2D eigenvalue weighted by atomic mass is 10.1. The average Bonchev–Trinajstić information content (AvgIpc) is 2.71. The Labute approximate surface area is 162 Å². The van der Waals surface area contributed by atoms with Crippen LogP contribution in [0.4, 0.5) is 28.7 Å². The molecule has 8 nitrogen and oxygen atoms in total. The molecule has 4 N–H and O–H groups in total. The first kappa shape index (κ1) is 19.0. The number of Topliss-reactive ketones (excluding diaryl/α,β-unsaturated/α-hetero) is 1. The Balaban J connectivity index is 1.86. The van der Waals surface area contributed by atoms with E-state index in [2.05, 4.69) is 20.6 Å². The molecule has 8 heteroatoms. The number of ether oxygens (including phenoxy) is 2. The van der Waals surface area contributed by atoms with Crippen molar-refractivity contribution in [2.45, 2.75) is 6.92 Å². The Hall–Kier alpha value is -3.81. The molecule has 3 aromatic rings. The number of benzene rings is 2. The number of methoxy groups -OCH3 is 2. The molecule has 0 saturated carbocycles. The van der Waals surface area contributed by atoms with E-state index in [1.807, 2.05) is 0 Å². The molecule has 1 heterocycles. The van der Waals surface area contributed by atoms with Crippen molar-refractivity contribution in [3.8, 4) is 11.5 Å². The van der Waals surface area contributed by atoms with Crippen LogP contribution in [0.5, 0.6) is 11.5 Å². The Kier molecular flexibility index (Phi) is 5.59. The number of hydrogen-bond acceptors (Lipinski definition) is 8. The molecular formula is C20H21N5O3. The molecule has 28 heavy (non-hydrogen) atoms. The summed E-state index contributed by atoms with van der Waals surface area (Å²) in [5.74, 6) is 2.15. The highest BCUT2D eigenvalue weighted by molar-refractivity contribution is 5.94. The van der Waals surface area contributed by atoms with Gasteiger partial charge in [-0.15, -0.1) is 0 Å². The fraction of sp³-hybridized carbons (Fsp3) is 0.150. The summed E-state index contributed by atoms with van der Waals surface area (Å²) < 4.78 is 10.6. The Morgan fingerprint density at radius 3 is 2.25 bits per heavy atom. The number of nitrogens with one attached hydrogen (secondary N) is 2. The van der Waals surface area contributed by atoms with E-state index in [4.69, 9.17) is 15.2 Å². The van der Waals surface area contributed by atoms with Crippen LogP contribution in [0, 0.1) is 0 Å². The van der Waals surface area contributed by atoms with Crippen molar-refractivity contribution in [2.75, 3.05) is 30.6 Å². The minimum Gasteiger partial charge on any atom is -0.497 e. The third kappa shape index (κ3) is 4.12. The van der Waals surface area contributed by atoms with Gasteiger partial charge in [0.15, 0.2) is 17.4 Å². The monoisotopic (exact) mass is 379 g/mol. The number of hydrogen-bond donors (Lipinski definition) is 3. The van der Waals surface area contributed by atoms with E-state index in [0.29, 0.717) is 40.1 Å². The summed E-state index contributed by atoms with van der Waals surface area (Å²) in [5.41, 5.74) is 8.62. The van der Waals surface area contributed by atoms with Gasteiger partial charge >= 0.3 is 0 Å². The van der Waals surface area contributed by atoms with Crippen LogP contribution in [-0.2, 0) is 0 Å². The molecule has 3 rings (SSSR count). The molecule has 0 radical (unpaired) electrons. The van der Waals surface area contributed by atoms with Crippen LogP contribution in [0.3, 0.4) is 0 Å². The van der Waals surface area contributed by atoms with Crippen LogP contribution in [0.15, 0.2) is 48.8 Å². The average molecular weight is 379 g/mol. The number of nitrogens with two attached hydrogens (primary N) is 1. The van der Waals surface area contributed by atoms with Gasteiger partial charge in [-0.3, -0.25) is 4.79 Å². The van der Waals surface area contributed by atoms with Crippen molar-refractivity contribution >= 4 is 34.5 Å². The Morgan fingerprint density at radius 1 is 0.964 bits per heavy atom. The maximum absolute atomic E-state index is 11.4. The summed E-state index contributed by atoms with van der Waals surface area (Å²) in [6.45, 7) is 1.52. The van der Waals surface area contributed by atoms with Crippen molar-refractivity contribution in [3.05, 3.63) is 54.4 Å². The first-order chi connectivity index (χ1) is 13.5. The maximum Gasteiger partial charge on any atom is 0.159 e. The van der Waals surface area contributed by atoms with Gasteiger partial charge in [0, 0.05) is 17.3 Å². The number of rotatable bonds is 7. The maximum atomic E-state index is 11.4. The lowest BCUT2D eigenvalue weighted by Gasteiger charge is -2.15. The van der Waals surface area contributed by atoms with Gasteiger partial charge in [-0.2, -0.15) is 0 Å². The smallest absolute Gasteiger partial charge is 0.159 e. The van der Waals surface area contributed by atoms with E-state index in [1.165, 1.54) is 13.3 Å². The first-order valence-electron chi connectivity index (χ1n) is 8.49. The minimum atomic E-state index is 0.00632. The molecule has 0 bridgehead atoms. The molecule has 144 valence electrons. The van der Waals surface area contributed by atoms with Crippen molar-refractivity contribution in [2.24, 2.45) is 0 Å². The molecule has 0 saturated heterocycles. The Bertz CT molecular complexity index is 990. The fourth-order valence-corrected chi connectivity index (χ4v) is 2.56. The van der Waals surface area contributed by atoms with Gasteiger partial charge < -0.3 is 25.8 Å². The number of ketones is 1. The number of nitrogen functional groups attached to an aromatic ring is 1. The number of nitrogens with zero attached hydrogens (tertiary/aromatic N) is 2. The Morgan fingerprint density at radius 2 is 1.64 bits per heavy atom. The van der Waals surface area contributed by atoms with E-state index >= 15 is 0 Å². The van der Waals surface area contributed by atoms with Crippen LogP contribution < -0.4 is 25.8 Å². The van der Waals surface area contributed by atoms with Gasteiger partial charge in [0.1, 0.15) is 23.5 Å². The summed E-state index contributed by atoms with van der Waals surface area (Å²) in [7, 11) is 3.16. The van der Waals surface area contributed by atoms with Crippen molar-refractivity contribution in [1.29, 1.82) is 0 Å². The zero-order chi connectivity index (χ0) is 20.1. The zero-order valence-corrected chi connectivity index (χ0v) is 15.8. The topological polar surface area (TPSA) is 111 Å². The molecule has 0 atom stereocenters. The summed E-state index contributed by atoms with van der Waals surface area (Å²) in [5, 5.41) is 6.28. The molecule has 0 aliphatic heterocycles. The van der Waals surface area contributed by atoms with Gasteiger partial charge in [0.25, 0.3) is 0 Å². The van der Waals surface area contributed by atoms with Crippen LogP contribution >= 0.6 is 0 Å². The van der Waals surface area contributed by atoms with E-state index in [9.17, 15) is 4.79 Å². The standard InChI is InChI=1S/C20H21N5O3/c1-12(26)13-4-6-14(7-5-13)24-19-18(21)20(23-11-22-19)25-16-10-15(27-2)8-9-17(16)28-3/h4-11H,21H2,1-3H3,(H2,22,23,24,25). The van der Waals surface area contributed by atoms with Crippen molar-refractivity contribution in [1.82, 2.24) is 9.97 Å². The molecule has 1 aromatic heterocycles. The molecular weight excluding hydrogens is 358 g/mol. The molecule has 0 aliphatic carbocycles. The van der Waals surface area contributed by atoms with Gasteiger partial charge in [-0.1, -0.05) is 0 Å². The van der Waals surface area contributed by atoms with E-state index in [0.717, 1.165) is 5.69 Å². The van der Waals surface area contributed by atoms with Gasteiger partial charge in [0.2, 0.25) is 0 Å². The first-order valence-corrected chi connectivity index (χ1v) is 8.49. The second-order valence-electron chi connectivity index (χ2n) is 5.93. The lowest BCUT2D eigenvalue weighted by molar-refractivity contribution is 0.101. The molecule has 2 aromatic carbocycles. The molecule has 0 aliphatic rings. The highest BCUT2D eigenvalue weighted by Crippen LogP contribution is 2.34. The summed E-state index contributed by atoms with van der Waals surface area (Å²) in [6, 6.07) is 12.4. The zero-order valence-electron chi connectivity index (χ0n) is 15.8. The predicted octanol–water partition coefficient (Wildman–Crippen LogP) is 3.77. The van der Waals surface area contributed by atoms with Crippen molar-refractivity contribution < 1.29 is 14.3 Å². The molecule has 0 amide bonds. The predicted molar refractivity (Wildman–Crippen MR) is 109 cm³/mol. The SMILES string of the molecule is COc1ccc(OC)c(Nc2ncnc(Nc3ccc(C(C)=O)cc3)c2N)c1. The highest BCUT2D eigenvalue weighted by Gasteiger charge is 2.12. The summed E-state index contributed by atoms with van der Waals surface area (Å²) in [4.78, 5) is 19.8. The van der Waals surface area contributed by atoms with Gasteiger partial charge in [-0.25, -0.2) is 9.97 Å². The molecule has 0 unspecified atom stereocenters. The number of carbonyl (C=O) groups excluding carboxylic acids is 1. The van der Waals surface area contributed by atoms with E-state index < -0.39 is 0 Å². The largest absolute Gasteiger partial charge is 0.497 e.